The first-order valence-electron chi connectivity index (χ1n) is 8.20. The van der Waals surface area contributed by atoms with E-state index in [9.17, 15) is 14.0 Å². The lowest BCUT2D eigenvalue weighted by atomic mass is 10.2. The molecule has 1 aromatic heterocycles. The Morgan fingerprint density at radius 3 is 2.60 bits per heavy atom. The maximum absolute atomic E-state index is 13.5. The van der Waals surface area contributed by atoms with E-state index in [2.05, 4.69) is 15.7 Å². The Hall–Kier alpha value is -2.70. The van der Waals surface area contributed by atoms with Crippen molar-refractivity contribution in [2.75, 3.05) is 13.1 Å². The number of carbonyl (C=O) groups is 2. The fourth-order valence-electron chi connectivity index (χ4n) is 2.56. The molecule has 0 saturated carbocycles. The minimum Gasteiger partial charge on any atom is -0.354 e. The van der Waals surface area contributed by atoms with Crippen LogP contribution < -0.4 is 10.6 Å². The molecule has 0 unspecified atom stereocenters. The van der Waals surface area contributed by atoms with Gasteiger partial charge in [-0.05, 0) is 39.0 Å². The van der Waals surface area contributed by atoms with Crippen molar-refractivity contribution in [1.82, 2.24) is 20.4 Å². The summed E-state index contributed by atoms with van der Waals surface area (Å²) in [6.07, 6.45) is 0.129. The Kier molecular flexibility index (Phi) is 6.27. The second-order valence-electron chi connectivity index (χ2n) is 6.01. The predicted molar refractivity (Wildman–Crippen MR) is 92.8 cm³/mol. The summed E-state index contributed by atoms with van der Waals surface area (Å²) in [5.74, 6) is -1.28. The van der Waals surface area contributed by atoms with Gasteiger partial charge in [-0.15, -0.1) is 0 Å². The van der Waals surface area contributed by atoms with Crippen molar-refractivity contribution in [2.24, 2.45) is 0 Å². The molecule has 6 nitrogen and oxygen atoms in total. The number of halogens is 1. The zero-order valence-electron chi connectivity index (χ0n) is 14.7. The largest absolute Gasteiger partial charge is 0.354 e. The normalized spacial score (nSPS) is 11.8. The Morgan fingerprint density at radius 1 is 1.24 bits per heavy atom. The molecule has 7 heteroatoms. The lowest BCUT2D eigenvalue weighted by molar-refractivity contribution is -0.121. The molecule has 134 valence electrons. The first kappa shape index (κ1) is 18.6. The van der Waals surface area contributed by atoms with Crippen LogP contribution in [0.2, 0.25) is 0 Å². The molecule has 0 spiro atoms. The van der Waals surface area contributed by atoms with Gasteiger partial charge in [0.2, 0.25) is 5.91 Å². The van der Waals surface area contributed by atoms with E-state index in [0.29, 0.717) is 6.54 Å². The van der Waals surface area contributed by atoms with Crippen molar-refractivity contribution in [3.05, 3.63) is 53.1 Å². The van der Waals surface area contributed by atoms with E-state index in [1.807, 2.05) is 31.5 Å². The number of benzene rings is 1. The Balaban J connectivity index is 1.73. The van der Waals surface area contributed by atoms with Crippen LogP contribution in [0.1, 0.15) is 41.1 Å². The molecule has 1 atom stereocenters. The summed E-state index contributed by atoms with van der Waals surface area (Å²) in [5.41, 5.74) is 1.95. The summed E-state index contributed by atoms with van der Waals surface area (Å²) in [4.78, 5) is 23.7. The van der Waals surface area contributed by atoms with E-state index in [1.165, 1.54) is 18.2 Å². The minimum atomic E-state index is -0.580. The lowest BCUT2D eigenvalue weighted by Gasteiger charge is -2.15. The number of nitrogens with one attached hydrogen (secondary N) is 2. The highest BCUT2D eigenvalue weighted by molar-refractivity contribution is 5.94. The van der Waals surface area contributed by atoms with Crippen LogP contribution in [-0.2, 0) is 4.79 Å². The third kappa shape index (κ3) is 5.14. The van der Waals surface area contributed by atoms with Crippen LogP contribution in [0, 0.1) is 19.7 Å². The van der Waals surface area contributed by atoms with Gasteiger partial charge in [-0.25, -0.2) is 4.39 Å². The van der Waals surface area contributed by atoms with Crippen LogP contribution in [0.3, 0.4) is 0 Å². The van der Waals surface area contributed by atoms with E-state index >= 15 is 0 Å². The number of aromatic nitrogens is 2. The zero-order valence-corrected chi connectivity index (χ0v) is 14.7. The summed E-state index contributed by atoms with van der Waals surface area (Å²) in [6, 6.07) is 7.75. The molecule has 1 heterocycles. The molecule has 2 rings (SSSR count). The zero-order chi connectivity index (χ0) is 18.4. The average molecular weight is 346 g/mol. The van der Waals surface area contributed by atoms with Crippen molar-refractivity contribution >= 4 is 11.8 Å². The van der Waals surface area contributed by atoms with Gasteiger partial charge in [0, 0.05) is 25.2 Å². The minimum absolute atomic E-state index is 0.0268. The molecule has 0 fully saturated rings. The van der Waals surface area contributed by atoms with Gasteiger partial charge in [-0.2, -0.15) is 5.10 Å². The summed E-state index contributed by atoms with van der Waals surface area (Å²) in [6.45, 7) is 6.46. The summed E-state index contributed by atoms with van der Waals surface area (Å²) < 4.78 is 15.4. The van der Waals surface area contributed by atoms with Gasteiger partial charge in [0.25, 0.3) is 5.91 Å². The van der Waals surface area contributed by atoms with Crippen LogP contribution >= 0.6 is 0 Å². The first-order valence-corrected chi connectivity index (χ1v) is 8.20. The maximum Gasteiger partial charge on any atom is 0.254 e. The van der Waals surface area contributed by atoms with Crippen molar-refractivity contribution in [3.63, 3.8) is 0 Å². The van der Waals surface area contributed by atoms with Crippen LogP contribution in [0.5, 0.6) is 0 Å². The van der Waals surface area contributed by atoms with Gasteiger partial charge in [-0.1, -0.05) is 12.1 Å². The standard InChI is InChI=1S/C18H23FN4O2/c1-12-10-13(2)23(22-12)14(3)11-21-17(24)8-9-20-18(25)15-6-4-5-7-16(15)19/h4-7,10,14H,8-9,11H2,1-3H3,(H,20,25)(H,21,24)/t14-/m1/s1. The predicted octanol–water partition coefficient (Wildman–Crippen LogP) is 2.14. The van der Waals surface area contributed by atoms with Crippen molar-refractivity contribution in [3.8, 4) is 0 Å². The molecule has 0 aliphatic heterocycles. The second-order valence-corrected chi connectivity index (χ2v) is 6.01. The number of carbonyl (C=O) groups excluding carboxylic acids is 2. The highest BCUT2D eigenvalue weighted by Crippen LogP contribution is 2.09. The van der Waals surface area contributed by atoms with Crippen LogP contribution in [0.15, 0.2) is 30.3 Å². The van der Waals surface area contributed by atoms with Crippen LogP contribution in [0.25, 0.3) is 0 Å². The summed E-state index contributed by atoms with van der Waals surface area (Å²) >= 11 is 0. The molecule has 0 aliphatic rings. The highest BCUT2D eigenvalue weighted by Gasteiger charge is 2.13. The van der Waals surface area contributed by atoms with Gasteiger partial charge in [-0.3, -0.25) is 14.3 Å². The third-order valence-corrected chi connectivity index (χ3v) is 3.81. The van der Waals surface area contributed by atoms with Crippen molar-refractivity contribution < 1.29 is 14.0 Å². The third-order valence-electron chi connectivity index (χ3n) is 3.81. The van der Waals surface area contributed by atoms with Crippen LogP contribution in [0.4, 0.5) is 4.39 Å². The Morgan fingerprint density at radius 2 is 1.96 bits per heavy atom. The van der Waals surface area contributed by atoms with E-state index < -0.39 is 11.7 Å². The van der Waals surface area contributed by atoms with E-state index in [0.717, 1.165) is 11.4 Å². The van der Waals surface area contributed by atoms with Gasteiger partial charge in [0.05, 0.1) is 17.3 Å². The second kappa shape index (κ2) is 8.41. The molecular weight excluding hydrogens is 323 g/mol. The number of aryl methyl sites for hydroxylation is 2. The highest BCUT2D eigenvalue weighted by atomic mass is 19.1. The maximum atomic E-state index is 13.5. The van der Waals surface area contributed by atoms with Crippen molar-refractivity contribution in [1.29, 1.82) is 0 Å². The molecule has 2 amide bonds. The van der Waals surface area contributed by atoms with E-state index in [1.54, 1.807) is 6.07 Å². The number of amides is 2. The molecule has 2 N–H and O–H groups in total. The topological polar surface area (TPSA) is 76.0 Å². The number of rotatable bonds is 7. The van der Waals surface area contributed by atoms with E-state index in [-0.39, 0.29) is 30.5 Å². The summed E-state index contributed by atoms with van der Waals surface area (Å²) in [7, 11) is 0. The molecular formula is C18H23FN4O2. The monoisotopic (exact) mass is 346 g/mol. The fourth-order valence-corrected chi connectivity index (χ4v) is 2.56. The molecule has 25 heavy (non-hydrogen) atoms. The first-order chi connectivity index (χ1) is 11.9. The molecule has 0 aliphatic carbocycles. The van der Waals surface area contributed by atoms with Gasteiger partial charge in [0.15, 0.2) is 0 Å². The number of nitrogens with zero attached hydrogens (tertiary/aromatic N) is 2. The molecule has 0 radical (unpaired) electrons. The Bertz CT molecular complexity index is 757. The quantitative estimate of drug-likeness (QED) is 0.806. The van der Waals surface area contributed by atoms with Gasteiger partial charge < -0.3 is 10.6 Å². The SMILES string of the molecule is Cc1cc(C)n([C@H](C)CNC(=O)CCNC(=O)c2ccccc2F)n1. The number of hydrogen-bond acceptors (Lipinski definition) is 3. The average Bonchev–Trinajstić information content (AvgIpc) is 2.91. The smallest absolute Gasteiger partial charge is 0.254 e. The lowest BCUT2D eigenvalue weighted by Crippen LogP contribution is -2.34. The molecule has 1 aromatic carbocycles. The Labute approximate surface area is 146 Å². The molecule has 2 aromatic rings. The summed E-state index contributed by atoms with van der Waals surface area (Å²) in [5, 5.41) is 9.75. The molecule has 0 saturated heterocycles. The molecule has 0 bridgehead atoms. The van der Waals surface area contributed by atoms with Crippen molar-refractivity contribution in [2.45, 2.75) is 33.2 Å². The van der Waals surface area contributed by atoms with Gasteiger partial charge >= 0.3 is 0 Å². The fraction of sp³-hybridized carbons (Fsp3) is 0.389. The van der Waals surface area contributed by atoms with Gasteiger partial charge in [0.1, 0.15) is 5.82 Å². The van der Waals surface area contributed by atoms with Crippen LogP contribution in [-0.4, -0.2) is 34.7 Å². The van der Waals surface area contributed by atoms with E-state index in [4.69, 9.17) is 0 Å². The number of hydrogen-bond donors (Lipinski definition) is 2.